The minimum atomic E-state index is -0.00270. The van der Waals surface area contributed by atoms with Gasteiger partial charge in [0.25, 0.3) is 5.89 Å². The van der Waals surface area contributed by atoms with E-state index in [1.165, 1.54) is 0 Å². The number of amides is 1. The molecule has 0 spiro atoms. The van der Waals surface area contributed by atoms with Crippen molar-refractivity contribution in [1.29, 1.82) is 0 Å². The van der Waals surface area contributed by atoms with Crippen LogP contribution in [0.15, 0.2) is 4.52 Å². The predicted molar refractivity (Wildman–Crippen MR) is 67.3 cm³/mol. The first kappa shape index (κ1) is 14.0. The van der Waals surface area contributed by atoms with Gasteiger partial charge in [-0.3, -0.25) is 4.79 Å². The number of ether oxygens (including phenoxy) is 1. The zero-order valence-corrected chi connectivity index (χ0v) is 11.5. The summed E-state index contributed by atoms with van der Waals surface area (Å²) >= 11 is 0. The van der Waals surface area contributed by atoms with Crippen LogP contribution in [0.3, 0.4) is 0 Å². The van der Waals surface area contributed by atoms with Gasteiger partial charge < -0.3 is 19.5 Å². The molecule has 1 amide bonds. The molecule has 1 aliphatic heterocycles. The molecule has 2 heterocycles. The third-order valence-electron chi connectivity index (χ3n) is 3.38. The van der Waals surface area contributed by atoms with Crippen molar-refractivity contribution in [2.24, 2.45) is 0 Å². The first-order valence-electron chi connectivity index (χ1n) is 6.47. The van der Waals surface area contributed by atoms with Crippen molar-refractivity contribution in [3.63, 3.8) is 0 Å². The third-order valence-corrected chi connectivity index (χ3v) is 3.38. The maximum absolute atomic E-state index is 12.1. The van der Waals surface area contributed by atoms with Gasteiger partial charge in [0.05, 0.1) is 0 Å². The highest BCUT2D eigenvalue weighted by molar-refractivity contribution is 5.78. The first-order valence-corrected chi connectivity index (χ1v) is 6.47. The van der Waals surface area contributed by atoms with E-state index in [4.69, 9.17) is 9.26 Å². The predicted octanol–water partition coefficient (Wildman–Crippen LogP) is 0.103. The Hall–Kier alpha value is -1.47. The van der Waals surface area contributed by atoms with Crippen molar-refractivity contribution in [1.82, 2.24) is 20.4 Å². The average Bonchev–Trinajstić information content (AvgIpc) is 2.78. The molecule has 7 heteroatoms. The smallest absolute Gasteiger partial charge is 0.252 e. The van der Waals surface area contributed by atoms with Crippen LogP contribution in [0.25, 0.3) is 0 Å². The zero-order chi connectivity index (χ0) is 13.8. The zero-order valence-electron chi connectivity index (χ0n) is 11.5. The second-order valence-electron chi connectivity index (χ2n) is 4.80. The molecule has 106 valence electrons. The van der Waals surface area contributed by atoms with Crippen LogP contribution >= 0.6 is 0 Å². The normalized spacial score (nSPS) is 23.6. The summed E-state index contributed by atoms with van der Waals surface area (Å²) in [5, 5.41) is 6.99. The SMILES string of the molecule is Cc1noc(COCC(=O)N2CCNC(C)C2C)n1. The summed E-state index contributed by atoms with van der Waals surface area (Å²) in [6.07, 6.45) is 0. The van der Waals surface area contributed by atoms with Crippen molar-refractivity contribution < 1.29 is 14.1 Å². The van der Waals surface area contributed by atoms with Crippen LogP contribution in [0.4, 0.5) is 0 Å². The molecular formula is C12H20N4O3. The molecule has 7 nitrogen and oxygen atoms in total. The molecule has 1 aromatic rings. The minimum absolute atomic E-state index is 0.00270. The molecular weight excluding hydrogens is 248 g/mol. The summed E-state index contributed by atoms with van der Waals surface area (Å²) < 4.78 is 10.2. The molecule has 19 heavy (non-hydrogen) atoms. The molecule has 1 aromatic heterocycles. The number of carbonyl (C=O) groups is 1. The van der Waals surface area contributed by atoms with E-state index in [0.29, 0.717) is 24.3 Å². The largest absolute Gasteiger partial charge is 0.362 e. The summed E-state index contributed by atoms with van der Waals surface area (Å²) in [6.45, 7) is 7.60. The van der Waals surface area contributed by atoms with E-state index in [1.807, 2.05) is 11.8 Å². The third kappa shape index (κ3) is 3.51. The number of hydrogen-bond acceptors (Lipinski definition) is 6. The van der Waals surface area contributed by atoms with Crippen LogP contribution in [0.5, 0.6) is 0 Å². The molecule has 0 bridgehead atoms. The van der Waals surface area contributed by atoms with Crippen molar-refractivity contribution in [3.05, 3.63) is 11.7 Å². The number of piperazine rings is 1. The lowest BCUT2D eigenvalue weighted by Gasteiger charge is -2.38. The molecule has 2 unspecified atom stereocenters. The Morgan fingerprint density at radius 1 is 1.58 bits per heavy atom. The molecule has 0 aromatic carbocycles. The minimum Gasteiger partial charge on any atom is -0.362 e. The Bertz CT molecular complexity index is 434. The number of rotatable bonds is 4. The Labute approximate surface area is 112 Å². The molecule has 1 fully saturated rings. The van der Waals surface area contributed by atoms with Crippen molar-refractivity contribution in [3.8, 4) is 0 Å². The fourth-order valence-electron chi connectivity index (χ4n) is 2.12. The summed E-state index contributed by atoms with van der Waals surface area (Å²) in [7, 11) is 0. The lowest BCUT2D eigenvalue weighted by molar-refractivity contribution is -0.140. The van der Waals surface area contributed by atoms with E-state index in [2.05, 4.69) is 22.4 Å². The van der Waals surface area contributed by atoms with Gasteiger partial charge in [0.1, 0.15) is 13.2 Å². The average molecular weight is 268 g/mol. The molecule has 0 aliphatic carbocycles. The number of nitrogens with one attached hydrogen (secondary N) is 1. The highest BCUT2D eigenvalue weighted by Gasteiger charge is 2.27. The molecule has 2 rings (SSSR count). The highest BCUT2D eigenvalue weighted by atomic mass is 16.5. The van der Waals surface area contributed by atoms with Crippen LogP contribution in [-0.4, -0.2) is 52.7 Å². The Balaban J connectivity index is 1.77. The standard InChI is InChI=1S/C12H20N4O3/c1-8-9(2)16(5-4-13-8)12(17)7-18-6-11-14-10(3)15-19-11/h8-9,13H,4-7H2,1-3H3. The van der Waals surface area contributed by atoms with Gasteiger partial charge in [-0.2, -0.15) is 4.98 Å². The lowest BCUT2D eigenvalue weighted by atomic mass is 10.1. The second kappa shape index (κ2) is 6.12. The van der Waals surface area contributed by atoms with Crippen LogP contribution in [0.2, 0.25) is 0 Å². The molecule has 1 saturated heterocycles. The highest BCUT2D eigenvalue weighted by Crippen LogP contribution is 2.09. The maximum Gasteiger partial charge on any atom is 0.252 e. The van der Waals surface area contributed by atoms with Gasteiger partial charge in [-0.05, 0) is 20.8 Å². The van der Waals surface area contributed by atoms with E-state index >= 15 is 0 Å². The Morgan fingerprint density at radius 3 is 3.05 bits per heavy atom. The maximum atomic E-state index is 12.1. The van der Waals surface area contributed by atoms with Crippen LogP contribution in [0.1, 0.15) is 25.6 Å². The molecule has 0 radical (unpaired) electrons. The van der Waals surface area contributed by atoms with E-state index in [1.54, 1.807) is 6.92 Å². The summed E-state index contributed by atoms with van der Waals surface area (Å²) in [5.74, 6) is 0.957. The number of hydrogen-bond donors (Lipinski definition) is 1. The van der Waals surface area contributed by atoms with E-state index in [-0.39, 0.29) is 25.2 Å². The van der Waals surface area contributed by atoms with Crippen molar-refractivity contribution >= 4 is 5.91 Å². The molecule has 0 saturated carbocycles. The molecule has 1 aliphatic rings. The summed E-state index contributed by atoms with van der Waals surface area (Å²) in [6, 6.07) is 0.479. The van der Waals surface area contributed by atoms with Gasteiger partial charge in [0.15, 0.2) is 5.82 Å². The monoisotopic (exact) mass is 268 g/mol. The Kier molecular flexibility index (Phi) is 4.49. The fourth-order valence-corrected chi connectivity index (χ4v) is 2.12. The van der Waals surface area contributed by atoms with Gasteiger partial charge in [0.2, 0.25) is 5.91 Å². The quantitative estimate of drug-likeness (QED) is 0.834. The van der Waals surface area contributed by atoms with Gasteiger partial charge in [-0.1, -0.05) is 5.16 Å². The first-order chi connectivity index (χ1) is 9.08. The summed E-state index contributed by atoms with van der Waals surface area (Å²) in [4.78, 5) is 17.9. The van der Waals surface area contributed by atoms with Gasteiger partial charge in [0, 0.05) is 25.2 Å². The molecule has 2 atom stereocenters. The number of aromatic nitrogens is 2. The van der Waals surface area contributed by atoms with E-state index in [0.717, 1.165) is 6.54 Å². The van der Waals surface area contributed by atoms with Crippen LogP contribution in [0, 0.1) is 6.92 Å². The topological polar surface area (TPSA) is 80.5 Å². The lowest BCUT2D eigenvalue weighted by Crippen LogP contribution is -2.57. The van der Waals surface area contributed by atoms with Crippen molar-refractivity contribution in [2.75, 3.05) is 19.7 Å². The number of carbonyl (C=O) groups excluding carboxylic acids is 1. The van der Waals surface area contributed by atoms with Gasteiger partial charge in [-0.15, -0.1) is 0 Å². The second-order valence-corrected chi connectivity index (χ2v) is 4.80. The van der Waals surface area contributed by atoms with Crippen LogP contribution < -0.4 is 5.32 Å². The Morgan fingerprint density at radius 2 is 2.37 bits per heavy atom. The van der Waals surface area contributed by atoms with E-state index < -0.39 is 0 Å². The van der Waals surface area contributed by atoms with Crippen LogP contribution in [-0.2, 0) is 16.1 Å². The molecule has 1 N–H and O–H groups in total. The number of aryl methyl sites for hydroxylation is 1. The van der Waals surface area contributed by atoms with Crippen molar-refractivity contribution in [2.45, 2.75) is 39.5 Å². The van der Waals surface area contributed by atoms with Gasteiger partial charge in [-0.25, -0.2) is 0 Å². The fraction of sp³-hybridized carbons (Fsp3) is 0.750. The van der Waals surface area contributed by atoms with E-state index in [9.17, 15) is 4.79 Å². The number of nitrogens with zero attached hydrogens (tertiary/aromatic N) is 3. The summed E-state index contributed by atoms with van der Waals surface area (Å²) in [5.41, 5.74) is 0. The van der Waals surface area contributed by atoms with Gasteiger partial charge >= 0.3 is 0 Å².